The van der Waals surface area contributed by atoms with E-state index < -0.39 is 0 Å². The Morgan fingerprint density at radius 2 is 1.96 bits per heavy atom. The van der Waals surface area contributed by atoms with Crippen molar-refractivity contribution in [3.8, 4) is 23.1 Å². The topological polar surface area (TPSA) is 74.6 Å². The highest BCUT2D eigenvalue weighted by molar-refractivity contribution is 5.65. The van der Waals surface area contributed by atoms with Crippen LogP contribution in [0.2, 0.25) is 0 Å². The van der Waals surface area contributed by atoms with Gasteiger partial charge in [-0.2, -0.15) is 15.6 Å². The molecule has 0 saturated heterocycles. The summed E-state index contributed by atoms with van der Waals surface area (Å²) in [5.74, 6) is 0.430. The largest absolute Gasteiger partial charge is 0.493 e. The smallest absolute Gasteiger partial charge is 0.190 e. The van der Waals surface area contributed by atoms with E-state index in [4.69, 9.17) is 10.00 Å². The van der Waals surface area contributed by atoms with Crippen LogP contribution in [-0.4, -0.2) is 22.0 Å². The van der Waals surface area contributed by atoms with Gasteiger partial charge < -0.3 is 4.74 Å². The summed E-state index contributed by atoms with van der Waals surface area (Å²) in [4.78, 5) is 0. The van der Waals surface area contributed by atoms with E-state index in [1.165, 1.54) is 12.1 Å². The van der Waals surface area contributed by atoms with E-state index in [2.05, 4.69) is 15.4 Å². The standard InChI is InChI=1S/C17H13FN4O/c18-14-6-4-12(5-7-14)8-9-23-15-3-1-2-13(10-15)17-16(11-19)20-22-21-17/h1-7,10H,8-9H2,(H,20,21,22). The minimum Gasteiger partial charge on any atom is -0.493 e. The summed E-state index contributed by atoms with van der Waals surface area (Å²) in [6, 6.07) is 15.6. The van der Waals surface area contributed by atoms with Crippen molar-refractivity contribution in [3.63, 3.8) is 0 Å². The van der Waals surface area contributed by atoms with Crippen molar-refractivity contribution in [2.45, 2.75) is 6.42 Å². The summed E-state index contributed by atoms with van der Waals surface area (Å²) in [6.07, 6.45) is 0.678. The number of nitriles is 1. The molecule has 0 spiro atoms. The van der Waals surface area contributed by atoms with E-state index >= 15 is 0 Å². The van der Waals surface area contributed by atoms with Gasteiger partial charge in [-0.15, -0.1) is 5.10 Å². The van der Waals surface area contributed by atoms with Crippen LogP contribution >= 0.6 is 0 Å². The van der Waals surface area contributed by atoms with Crippen LogP contribution in [0.15, 0.2) is 48.5 Å². The lowest BCUT2D eigenvalue weighted by Crippen LogP contribution is -2.01. The Kier molecular flexibility index (Phi) is 4.29. The second-order valence-electron chi connectivity index (χ2n) is 4.89. The third kappa shape index (κ3) is 3.52. The van der Waals surface area contributed by atoms with Gasteiger partial charge in [-0.1, -0.05) is 24.3 Å². The molecule has 0 aliphatic carbocycles. The third-order valence-electron chi connectivity index (χ3n) is 3.33. The van der Waals surface area contributed by atoms with E-state index in [1.807, 2.05) is 30.3 Å². The molecule has 0 amide bonds. The lowest BCUT2D eigenvalue weighted by atomic mass is 10.1. The fraction of sp³-hybridized carbons (Fsp3) is 0.118. The number of benzene rings is 2. The molecule has 0 saturated carbocycles. The third-order valence-corrected chi connectivity index (χ3v) is 3.33. The Morgan fingerprint density at radius 1 is 1.13 bits per heavy atom. The van der Waals surface area contributed by atoms with Crippen molar-refractivity contribution < 1.29 is 9.13 Å². The van der Waals surface area contributed by atoms with Crippen molar-refractivity contribution in [2.24, 2.45) is 0 Å². The van der Waals surface area contributed by atoms with Crippen LogP contribution in [0.1, 0.15) is 11.3 Å². The van der Waals surface area contributed by atoms with Crippen molar-refractivity contribution in [3.05, 3.63) is 65.6 Å². The number of aromatic nitrogens is 3. The van der Waals surface area contributed by atoms with Crippen LogP contribution in [0.5, 0.6) is 5.75 Å². The number of rotatable bonds is 5. The maximum absolute atomic E-state index is 12.8. The summed E-state index contributed by atoms with van der Waals surface area (Å²) in [5.41, 5.74) is 2.50. The second-order valence-corrected chi connectivity index (χ2v) is 4.89. The average Bonchev–Trinajstić information content (AvgIpc) is 3.06. The molecule has 0 aliphatic rings. The fourth-order valence-corrected chi connectivity index (χ4v) is 2.18. The minimum absolute atomic E-state index is 0.244. The number of halogens is 1. The van der Waals surface area contributed by atoms with Crippen molar-refractivity contribution in [2.75, 3.05) is 6.61 Å². The Morgan fingerprint density at radius 3 is 2.74 bits per heavy atom. The number of nitrogens with one attached hydrogen (secondary N) is 1. The molecule has 114 valence electrons. The molecule has 2 aromatic carbocycles. The molecule has 0 bridgehead atoms. The second kappa shape index (κ2) is 6.71. The number of aromatic amines is 1. The highest BCUT2D eigenvalue weighted by Crippen LogP contribution is 2.23. The Hall–Kier alpha value is -3.20. The van der Waals surface area contributed by atoms with Crippen LogP contribution in [0, 0.1) is 17.1 Å². The zero-order valence-corrected chi connectivity index (χ0v) is 12.2. The molecule has 0 atom stereocenters. The SMILES string of the molecule is N#Cc1n[nH]nc1-c1cccc(OCCc2ccc(F)cc2)c1. The summed E-state index contributed by atoms with van der Waals surface area (Å²) < 4.78 is 18.6. The van der Waals surface area contributed by atoms with Gasteiger partial charge in [0.05, 0.1) is 6.61 Å². The molecule has 0 fully saturated rings. The predicted octanol–water partition coefficient (Wildman–Crippen LogP) is 3.10. The summed E-state index contributed by atoms with van der Waals surface area (Å²) >= 11 is 0. The summed E-state index contributed by atoms with van der Waals surface area (Å²) in [5, 5.41) is 19.2. The number of nitrogens with zero attached hydrogens (tertiary/aromatic N) is 3. The normalized spacial score (nSPS) is 10.3. The highest BCUT2D eigenvalue weighted by atomic mass is 19.1. The quantitative estimate of drug-likeness (QED) is 0.786. The van der Waals surface area contributed by atoms with Gasteiger partial charge in [-0.25, -0.2) is 4.39 Å². The van der Waals surface area contributed by atoms with E-state index in [0.717, 1.165) is 11.1 Å². The molecule has 23 heavy (non-hydrogen) atoms. The van der Waals surface area contributed by atoms with Crippen LogP contribution in [0.25, 0.3) is 11.3 Å². The Bertz CT molecular complexity index is 836. The Balaban J connectivity index is 1.66. The highest BCUT2D eigenvalue weighted by Gasteiger charge is 2.10. The fourth-order valence-electron chi connectivity index (χ4n) is 2.18. The molecule has 1 aromatic heterocycles. The lowest BCUT2D eigenvalue weighted by Gasteiger charge is -2.07. The first-order chi connectivity index (χ1) is 11.3. The molecule has 0 radical (unpaired) electrons. The van der Waals surface area contributed by atoms with Crippen LogP contribution in [0.3, 0.4) is 0 Å². The van der Waals surface area contributed by atoms with Gasteiger partial charge in [0.25, 0.3) is 0 Å². The molecule has 0 unspecified atom stereocenters. The molecule has 6 heteroatoms. The van der Waals surface area contributed by atoms with Crippen molar-refractivity contribution in [1.29, 1.82) is 5.26 Å². The molecular formula is C17H13FN4O. The van der Waals surface area contributed by atoms with E-state index in [9.17, 15) is 4.39 Å². The molecule has 3 rings (SSSR count). The first kappa shape index (κ1) is 14.7. The zero-order valence-electron chi connectivity index (χ0n) is 12.2. The van der Waals surface area contributed by atoms with Crippen LogP contribution in [-0.2, 0) is 6.42 Å². The number of ether oxygens (including phenoxy) is 1. The lowest BCUT2D eigenvalue weighted by molar-refractivity contribution is 0.322. The Labute approximate surface area is 132 Å². The van der Waals surface area contributed by atoms with Gasteiger partial charge in [0.1, 0.15) is 23.3 Å². The maximum atomic E-state index is 12.8. The molecule has 1 heterocycles. The van der Waals surface area contributed by atoms with Gasteiger partial charge in [0.2, 0.25) is 0 Å². The summed E-state index contributed by atoms with van der Waals surface area (Å²) in [7, 11) is 0. The van der Waals surface area contributed by atoms with Gasteiger partial charge in [0, 0.05) is 12.0 Å². The molecule has 1 N–H and O–H groups in total. The van der Waals surface area contributed by atoms with E-state index in [1.54, 1.807) is 12.1 Å². The molecule has 5 nitrogen and oxygen atoms in total. The average molecular weight is 308 g/mol. The maximum Gasteiger partial charge on any atom is 0.190 e. The van der Waals surface area contributed by atoms with Crippen LogP contribution < -0.4 is 4.74 Å². The van der Waals surface area contributed by atoms with Crippen molar-refractivity contribution >= 4 is 0 Å². The van der Waals surface area contributed by atoms with Gasteiger partial charge in [-0.05, 0) is 29.8 Å². The number of hydrogen-bond acceptors (Lipinski definition) is 4. The van der Waals surface area contributed by atoms with E-state index in [-0.39, 0.29) is 11.5 Å². The van der Waals surface area contributed by atoms with E-state index in [0.29, 0.717) is 24.5 Å². The van der Waals surface area contributed by atoms with Gasteiger partial charge >= 0.3 is 0 Å². The van der Waals surface area contributed by atoms with Crippen LogP contribution in [0.4, 0.5) is 4.39 Å². The van der Waals surface area contributed by atoms with Gasteiger partial charge in [0.15, 0.2) is 5.69 Å². The first-order valence-electron chi connectivity index (χ1n) is 7.05. The van der Waals surface area contributed by atoms with Crippen molar-refractivity contribution in [1.82, 2.24) is 15.4 Å². The number of hydrogen-bond donors (Lipinski definition) is 1. The molecule has 0 aliphatic heterocycles. The molecular weight excluding hydrogens is 295 g/mol. The zero-order chi connectivity index (χ0) is 16.1. The predicted molar refractivity (Wildman–Crippen MR) is 82.1 cm³/mol. The molecule has 3 aromatic rings. The first-order valence-corrected chi connectivity index (χ1v) is 7.05. The summed E-state index contributed by atoms with van der Waals surface area (Å²) in [6.45, 7) is 0.471. The number of H-pyrrole nitrogens is 1. The van der Waals surface area contributed by atoms with Gasteiger partial charge in [-0.3, -0.25) is 0 Å². The monoisotopic (exact) mass is 308 g/mol. The minimum atomic E-state index is -0.247.